The van der Waals surface area contributed by atoms with Crippen molar-refractivity contribution in [2.45, 2.75) is 33.4 Å². The largest absolute Gasteiger partial charge is 0.383 e. The molecule has 1 atom stereocenters. The molecule has 0 amide bonds. The molecule has 1 N–H and O–H groups in total. The number of methoxy groups -OCH3 is 1. The van der Waals surface area contributed by atoms with Gasteiger partial charge in [0, 0.05) is 32.4 Å². The van der Waals surface area contributed by atoms with Crippen molar-refractivity contribution in [1.29, 1.82) is 5.26 Å². The van der Waals surface area contributed by atoms with E-state index in [1.165, 1.54) is 5.56 Å². The van der Waals surface area contributed by atoms with Crippen LogP contribution >= 0.6 is 0 Å². The molecule has 1 aromatic heterocycles. The predicted molar refractivity (Wildman–Crippen MR) is 72.2 cm³/mol. The molecule has 0 spiro atoms. The molecule has 0 saturated heterocycles. The second kappa shape index (κ2) is 6.58. The summed E-state index contributed by atoms with van der Waals surface area (Å²) in [4.78, 5) is 0. The molecule has 4 heteroatoms. The molecule has 0 aliphatic heterocycles. The molecule has 1 rings (SSSR count). The number of hydrogen-bond acceptors (Lipinski definition) is 3. The van der Waals surface area contributed by atoms with Gasteiger partial charge >= 0.3 is 0 Å². The number of nitriles is 1. The highest BCUT2D eigenvalue weighted by Crippen LogP contribution is 2.14. The molecule has 1 heterocycles. The van der Waals surface area contributed by atoms with Gasteiger partial charge in [-0.15, -0.1) is 0 Å². The minimum absolute atomic E-state index is 0.333. The van der Waals surface area contributed by atoms with Crippen molar-refractivity contribution < 1.29 is 4.74 Å². The van der Waals surface area contributed by atoms with E-state index in [1.54, 1.807) is 7.11 Å². The Hall–Kier alpha value is -1.31. The highest BCUT2D eigenvalue weighted by atomic mass is 16.5. The van der Waals surface area contributed by atoms with E-state index < -0.39 is 0 Å². The minimum atomic E-state index is 0.333. The van der Waals surface area contributed by atoms with Gasteiger partial charge in [-0.1, -0.05) is 13.8 Å². The molecule has 0 bridgehead atoms. The van der Waals surface area contributed by atoms with Crippen molar-refractivity contribution in [3.8, 4) is 6.07 Å². The van der Waals surface area contributed by atoms with E-state index in [2.05, 4.69) is 25.2 Å². The van der Waals surface area contributed by atoms with Gasteiger partial charge in [-0.25, -0.2) is 0 Å². The van der Waals surface area contributed by atoms with Crippen molar-refractivity contribution in [2.75, 3.05) is 13.7 Å². The smallest absolute Gasteiger partial charge is 0.120 e. The van der Waals surface area contributed by atoms with Crippen molar-refractivity contribution >= 4 is 0 Å². The van der Waals surface area contributed by atoms with E-state index >= 15 is 0 Å². The first-order chi connectivity index (χ1) is 8.51. The quantitative estimate of drug-likeness (QED) is 0.838. The number of nitrogens with one attached hydrogen (secondary N) is 1. The molecule has 0 aliphatic carbocycles. The van der Waals surface area contributed by atoms with Gasteiger partial charge in [-0.3, -0.25) is 0 Å². The molecule has 0 saturated carbocycles. The van der Waals surface area contributed by atoms with Crippen molar-refractivity contribution in [1.82, 2.24) is 9.88 Å². The van der Waals surface area contributed by atoms with E-state index in [4.69, 9.17) is 10.00 Å². The molecule has 0 radical (unpaired) electrons. The summed E-state index contributed by atoms with van der Waals surface area (Å²) in [5.41, 5.74) is 3.02. The zero-order valence-electron chi connectivity index (χ0n) is 11.9. The molecule has 0 aliphatic rings. The third-order valence-corrected chi connectivity index (χ3v) is 3.46. The van der Waals surface area contributed by atoms with Crippen LogP contribution in [0.1, 0.15) is 30.8 Å². The number of aromatic nitrogens is 1. The maximum Gasteiger partial charge on any atom is 0.120 e. The lowest BCUT2D eigenvalue weighted by Crippen LogP contribution is -2.37. The van der Waals surface area contributed by atoms with E-state index in [9.17, 15) is 0 Å². The Labute approximate surface area is 110 Å². The molecule has 100 valence electrons. The summed E-state index contributed by atoms with van der Waals surface area (Å²) in [6, 6.07) is 4.49. The summed E-state index contributed by atoms with van der Waals surface area (Å²) < 4.78 is 7.14. The van der Waals surface area contributed by atoms with E-state index in [0.29, 0.717) is 24.3 Å². The van der Waals surface area contributed by atoms with Crippen LogP contribution in [0.25, 0.3) is 0 Å². The lowest BCUT2D eigenvalue weighted by molar-refractivity contribution is 0.146. The lowest BCUT2D eigenvalue weighted by atomic mass is 10.1. The highest BCUT2D eigenvalue weighted by molar-refractivity contribution is 5.34. The fourth-order valence-electron chi connectivity index (χ4n) is 1.96. The van der Waals surface area contributed by atoms with Gasteiger partial charge in [0.25, 0.3) is 0 Å². The number of ether oxygens (including phenoxy) is 1. The maximum absolute atomic E-state index is 8.99. The Bertz CT molecular complexity index is 429. The third kappa shape index (κ3) is 3.34. The summed E-state index contributed by atoms with van der Waals surface area (Å²) in [5.74, 6) is 0.518. The Morgan fingerprint density at radius 2 is 2.17 bits per heavy atom. The van der Waals surface area contributed by atoms with Gasteiger partial charge in [0.2, 0.25) is 0 Å². The monoisotopic (exact) mass is 249 g/mol. The van der Waals surface area contributed by atoms with Crippen molar-refractivity contribution in [3.63, 3.8) is 0 Å². The van der Waals surface area contributed by atoms with E-state index in [1.807, 2.05) is 24.6 Å². The molecule has 18 heavy (non-hydrogen) atoms. The first-order valence-corrected chi connectivity index (χ1v) is 6.28. The standard InChI is InChI=1S/C14H23N3O/c1-10(2)14(9-18-5)16-8-12-6-13(7-15)17(4)11(12)3/h6,10,14,16H,8-9H2,1-5H3. The van der Waals surface area contributed by atoms with Crippen LogP contribution < -0.4 is 5.32 Å². The second-order valence-corrected chi connectivity index (χ2v) is 5.00. The molecule has 0 fully saturated rings. The predicted octanol–water partition coefficient (Wildman–Crippen LogP) is 1.97. The van der Waals surface area contributed by atoms with Crippen molar-refractivity contribution in [3.05, 3.63) is 23.0 Å². The van der Waals surface area contributed by atoms with Crippen LogP contribution in [0.5, 0.6) is 0 Å². The van der Waals surface area contributed by atoms with Gasteiger partial charge in [-0.2, -0.15) is 5.26 Å². The Morgan fingerprint density at radius 1 is 1.50 bits per heavy atom. The second-order valence-electron chi connectivity index (χ2n) is 5.00. The number of nitrogens with zero attached hydrogens (tertiary/aromatic N) is 2. The maximum atomic E-state index is 8.99. The van der Waals surface area contributed by atoms with Gasteiger partial charge in [0.15, 0.2) is 0 Å². The summed E-state index contributed by atoms with van der Waals surface area (Å²) >= 11 is 0. The Kier molecular flexibility index (Phi) is 5.39. The van der Waals surface area contributed by atoms with Gasteiger partial charge < -0.3 is 14.6 Å². The summed E-state index contributed by atoms with van der Waals surface area (Å²) in [7, 11) is 3.64. The third-order valence-electron chi connectivity index (χ3n) is 3.46. The highest BCUT2D eigenvalue weighted by Gasteiger charge is 2.14. The van der Waals surface area contributed by atoms with Crippen LogP contribution in [-0.4, -0.2) is 24.3 Å². The molecule has 4 nitrogen and oxygen atoms in total. The summed E-state index contributed by atoms with van der Waals surface area (Å²) in [6.07, 6.45) is 0. The normalized spacial score (nSPS) is 12.7. The Morgan fingerprint density at radius 3 is 2.61 bits per heavy atom. The molecular weight excluding hydrogens is 226 g/mol. The van der Waals surface area contributed by atoms with Crippen LogP contribution in [0, 0.1) is 24.2 Å². The fourth-order valence-corrected chi connectivity index (χ4v) is 1.96. The first-order valence-electron chi connectivity index (χ1n) is 6.28. The molecular formula is C14H23N3O. The molecule has 1 aromatic rings. The molecule has 0 aromatic carbocycles. The minimum Gasteiger partial charge on any atom is -0.383 e. The fraction of sp³-hybridized carbons (Fsp3) is 0.643. The zero-order chi connectivity index (χ0) is 13.7. The van der Waals surface area contributed by atoms with E-state index in [0.717, 1.165) is 12.2 Å². The molecule has 1 unspecified atom stereocenters. The van der Waals surface area contributed by atoms with Crippen LogP contribution in [0.4, 0.5) is 0 Å². The topological polar surface area (TPSA) is 50.0 Å². The Balaban J connectivity index is 2.71. The summed E-state index contributed by atoms with van der Waals surface area (Å²) in [6.45, 7) is 7.87. The number of rotatable bonds is 6. The SMILES string of the molecule is COCC(NCc1cc(C#N)n(C)c1C)C(C)C. The average molecular weight is 249 g/mol. The summed E-state index contributed by atoms with van der Waals surface area (Å²) in [5, 5.41) is 12.5. The van der Waals surface area contributed by atoms with Gasteiger partial charge in [0.1, 0.15) is 11.8 Å². The van der Waals surface area contributed by atoms with Crippen LogP contribution in [0.15, 0.2) is 6.07 Å². The lowest BCUT2D eigenvalue weighted by Gasteiger charge is -2.21. The van der Waals surface area contributed by atoms with Gasteiger partial charge in [-0.05, 0) is 24.5 Å². The van der Waals surface area contributed by atoms with Gasteiger partial charge in [0.05, 0.1) is 6.61 Å². The first kappa shape index (κ1) is 14.7. The average Bonchev–Trinajstić information content (AvgIpc) is 2.61. The van der Waals surface area contributed by atoms with Crippen LogP contribution in [-0.2, 0) is 18.3 Å². The van der Waals surface area contributed by atoms with Crippen LogP contribution in [0.3, 0.4) is 0 Å². The zero-order valence-corrected chi connectivity index (χ0v) is 11.9. The van der Waals surface area contributed by atoms with Crippen LogP contribution in [0.2, 0.25) is 0 Å². The van der Waals surface area contributed by atoms with Crippen molar-refractivity contribution in [2.24, 2.45) is 13.0 Å². The van der Waals surface area contributed by atoms with E-state index in [-0.39, 0.29) is 0 Å². The number of hydrogen-bond donors (Lipinski definition) is 1.